The zero-order chi connectivity index (χ0) is 13.2. The van der Waals surface area contributed by atoms with Crippen LogP contribution in [0.4, 0.5) is 0 Å². The van der Waals surface area contributed by atoms with Gasteiger partial charge in [0.25, 0.3) is 0 Å². The van der Waals surface area contributed by atoms with Crippen molar-refractivity contribution in [2.24, 2.45) is 0 Å². The Bertz CT molecular complexity index is 230. The van der Waals surface area contributed by atoms with Gasteiger partial charge < -0.3 is 19.3 Å². The van der Waals surface area contributed by atoms with E-state index in [4.69, 9.17) is 14.2 Å². The summed E-state index contributed by atoms with van der Waals surface area (Å²) >= 11 is 0. The van der Waals surface area contributed by atoms with Crippen molar-refractivity contribution in [2.45, 2.75) is 57.8 Å². The molecule has 0 saturated carbocycles. The van der Waals surface area contributed by atoms with Crippen molar-refractivity contribution in [1.29, 1.82) is 0 Å². The Morgan fingerprint density at radius 3 is 2.61 bits per heavy atom. The summed E-state index contributed by atoms with van der Waals surface area (Å²) in [5.74, 6) is 0. The minimum Gasteiger partial charge on any atom is -0.493 e. The molecule has 1 aliphatic heterocycles. The van der Waals surface area contributed by atoms with Crippen LogP contribution in [0.2, 0.25) is 0 Å². The van der Waals surface area contributed by atoms with Gasteiger partial charge in [0.2, 0.25) is 0 Å². The molecule has 3 atom stereocenters. The molecule has 18 heavy (non-hydrogen) atoms. The molecule has 4 nitrogen and oxygen atoms in total. The average molecular weight is 258 g/mol. The Morgan fingerprint density at radius 1 is 1.17 bits per heavy atom. The molecule has 0 radical (unpaired) electrons. The lowest BCUT2D eigenvalue weighted by molar-refractivity contribution is -0.111. The second kappa shape index (κ2) is 9.36. The van der Waals surface area contributed by atoms with Crippen molar-refractivity contribution in [2.75, 3.05) is 19.8 Å². The molecule has 0 saturated heterocycles. The topological polar surface area (TPSA) is 47.9 Å². The van der Waals surface area contributed by atoms with Crippen molar-refractivity contribution in [3.63, 3.8) is 0 Å². The van der Waals surface area contributed by atoms with E-state index < -0.39 is 6.10 Å². The summed E-state index contributed by atoms with van der Waals surface area (Å²) in [6.07, 6.45) is 6.38. The summed E-state index contributed by atoms with van der Waals surface area (Å²) in [7, 11) is 0. The molecule has 0 aromatic carbocycles. The minimum atomic E-state index is -0.645. The van der Waals surface area contributed by atoms with Gasteiger partial charge in [-0.25, -0.2) is 0 Å². The number of aliphatic hydroxyl groups is 1. The minimum absolute atomic E-state index is 0.273. The van der Waals surface area contributed by atoms with Gasteiger partial charge in [-0.2, -0.15) is 0 Å². The molecule has 0 aromatic rings. The third kappa shape index (κ3) is 5.38. The molecule has 0 spiro atoms. The van der Waals surface area contributed by atoms with Crippen molar-refractivity contribution < 1.29 is 19.3 Å². The summed E-state index contributed by atoms with van der Waals surface area (Å²) < 4.78 is 16.5. The Balaban J connectivity index is 2.26. The van der Waals surface area contributed by atoms with Crippen molar-refractivity contribution in [1.82, 2.24) is 0 Å². The predicted molar refractivity (Wildman–Crippen MR) is 70.4 cm³/mol. The van der Waals surface area contributed by atoms with Gasteiger partial charge in [0.15, 0.2) is 0 Å². The monoisotopic (exact) mass is 258 g/mol. The standard InChI is InChI=1S/C14H26O4/c1-3-5-8-16-11-13-14(15)12(7-10-18-13)17-9-6-4-2/h7,10,12-15H,3-6,8-9,11H2,1-2H3/t12-,13?,14?/m1/s1. The van der Waals surface area contributed by atoms with Gasteiger partial charge in [-0.1, -0.05) is 26.7 Å². The van der Waals surface area contributed by atoms with Crippen molar-refractivity contribution in [3.8, 4) is 0 Å². The third-order valence-corrected chi connectivity index (χ3v) is 2.97. The molecular weight excluding hydrogens is 232 g/mol. The summed E-state index contributed by atoms with van der Waals surface area (Å²) in [5, 5.41) is 10.1. The van der Waals surface area contributed by atoms with Crippen molar-refractivity contribution >= 4 is 0 Å². The fraction of sp³-hybridized carbons (Fsp3) is 0.857. The van der Waals surface area contributed by atoms with E-state index in [1.807, 2.05) is 0 Å². The zero-order valence-electron chi connectivity index (χ0n) is 11.5. The van der Waals surface area contributed by atoms with Gasteiger partial charge in [-0.3, -0.25) is 0 Å². The number of aliphatic hydroxyl groups excluding tert-OH is 1. The quantitative estimate of drug-likeness (QED) is 0.644. The molecule has 106 valence electrons. The van der Waals surface area contributed by atoms with Crippen molar-refractivity contribution in [3.05, 3.63) is 12.3 Å². The molecule has 0 fully saturated rings. The smallest absolute Gasteiger partial charge is 0.150 e. The lowest BCUT2D eigenvalue weighted by atomic mass is 10.1. The summed E-state index contributed by atoms with van der Waals surface area (Å²) in [6.45, 7) is 6.04. The van der Waals surface area contributed by atoms with Gasteiger partial charge in [0, 0.05) is 13.2 Å². The molecule has 1 aliphatic rings. The first-order valence-electron chi connectivity index (χ1n) is 6.99. The largest absolute Gasteiger partial charge is 0.493 e. The van der Waals surface area contributed by atoms with E-state index in [0.717, 1.165) is 25.7 Å². The molecule has 1 heterocycles. The van der Waals surface area contributed by atoms with Gasteiger partial charge in [0.05, 0.1) is 12.9 Å². The number of hydrogen-bond acceptors (Lipinski definition) is 4. The molecule has 0 bridgehead atoms. The van der Waals surface area contributed by atoms with Crippen LogP contribution in [0.3, 0.4) is 0 Å². The summed E-state index contributed by atoms with van der Waals surface area (Å²) in [6, 6.07) is 0. The molecule has 1 rings (SSSR count). The van der Waals surface area contributed by atoms with Crippen LogP contribution in [0.5, 0.6) is 0 Å². The van der Waals surface area contributed by atoms with E-state index in [9.17, 15) is 5.11 Å². The highest BCUT2D eigenvalue weighted by atomic mass is 16.6. The maximum atomic E-state index is 10.1. The molecule has 4 heteroatoms. The highest BCUT2D eigenvalue weighted by molar-refractivity contribution is 4.98. The molecule has 1 N–H and O–H groups in total. The fourth-order valence-electron chi connectivity index (χ4n) is 1.73. The second-order valence-electron chi connectivity index (χ2n) is 4.61. The average Bonchev–Trinajstić information content (AvgIpc) is 2.38. The zero-order valence-corrected chi connectivity index (χ0v) is 11.5. The van der Waals surface area contributed by atoms with Crippen LogP contribution in [-0.2, 0) is 14.2 Å². The fourth-order valence-corrected chi connectivity index (χ4v) is 1.73. The maximum absolute atomic E-state index is 10.1. The normalized spacial score (nSPS) is 27.2. The Kier molecular flexibility index (Phi) is 8.05. The van der Waals surface area contributed by atoms with E-state index in [-0.39, 0.29) is 12.2 Å². The first-order valence-corrected chi connectivity index (χ1v) is 6.99. The van der Waals surface area contributed by atoms with E-state index >= 15 is 0 Å². The molecule has 2 unspecified atom stereocenters. The summed E-state index contributed by atoms with van der Waals surface area (Å²) in [5.41, 5.74) is 0. The number of hydrogen-bond donors (Lipinski definition) is 1. The Labute approximate surface area is 110 Å². The van der Waals surface area contributed by atoms with Crippen LogP contribution < -0.4 is 0 Å². The first kappa shape index (κ1) is 15.5. The number of unbranched alkanes of at least 4 members (excludes halogenated alkanes) is 2. The Hall–Kier alpha value is -0.580. The molecular formula is C14H26O4. The van der Waals surface area contributed by atoms with Gasteiger partial charge >= 0.3 is 0 Å². The third-order valence-electron chi connectivity index (χ3n) is 2.97. The van der Waals surface area contributed by atoms with E-state index in [0.29, 0.717) is 19.8 Å². The van der Waals surface area contributed by atoms with E-state index in [2.05, 4.69) is 13.8 Å². The second-order valence-corrected chi connectivity index (χ2v) is 4.61. The van der Waals surface area contributed by atoms with Crippen LogP contribution >= 0.6 is 0 Å². The Morgan fingerprint density at radius 2 is 1.89 bits per heavy atom. The van der Waals surface area contributed by atoms with Gasteiger partial charge in [-0.15, -0.1) is 0 Å². The molecule has 0 amide bonds. The van der Waals surface area contributed by atoms with Gasteiger partial charge in [0.1, 0.15) is 18.3 Å². The lowest BCUT2D eigenvalue weighted by Gasteiger charge is -2.31. The maximum Gasteiger partial charge on any atom is 0.150 e. The highest BCUT2D eigenvalue weighted by Gasteiger charge is 2.31. The summed E-state index contributed by atoms with van der Waals surface area (Å²) in [4.78, 5) is 0. The van der Waals surface area contributed by atoms with E-state index in [1.54, 1.807) is 12.3 Å². The number of ether oxygens (including phenoxy) is 3. The molecule has 0 aliphatic carbocycles. The van der Waals surface area contributed by atoms with Crippen LogP contribution in [0, 0.1) is 0 Å². The van der Waals surface area contributed by atoms with Crippen LogP contribution in [0.15, 0.2) is 12.3 Å². The lowest BCUT2D eigenvalue weighted by Crippen LogP contribution is -2.44. The van der Waals surface area contributed by atoms with Crippen LogP contribution in [0.1, 0.15) is 39.5 Å². The first-order chi connectivity index (χ1) is 8.79. The van der Waals surface area contributed by atoms with Crippen LogP contribution in [0.25, 0.3) is 0 Å². The predicted octanol–water partition coefficient (Wildman–Crippen LogP) is 2.26. The van der Waals surface area contributed by atoms with Gasteiger partial charge in [-0.05, 0) is 18.9 Å². The molecule has 0 aromatic heterocycles. The SMILES string of the molecule is CCCCOCC1OC=C[C@@H](OCCCC)C1O. The number of rotatable bonds is 9. The van der Waals surface area contributed by atoms with Crippen LogP contribution in [-0.4, -0.2) is 43.2 Å². The highest BCUT2D eigenvalue weighted by Crippen LogP contribution is 2.16. The van der Waals surface area contributed by atoms with E-state index in [1.165, 1.54) is 0 Å².